The van der Waals surface area contributed by atoms with E-state index in [1.54, 1.807) is 0 Å². The van der Waals surface area contributed by atoms with Gasteiger partial charge in [0.1, 0.15) is 6.54 Å². The number of nitrogens with zero attached hydrogens (tertiary/aromatic N) is 2. The van der Waals surface area contributed by atoms with Crippen LogP contribution in [0.3, 0.4) is 0 Å². The van der Waals surface area contributed by atoms with Crippen LogP contribution in [0.5, 0.6) is 0 Å². The van der Waals surface area contributed by atoms with Crippen molar-refractivity contribution in [1.82, 2.24) is 9.80 Å². The van der Waals surface area contributed by atoms with Gasteiger partial charge in [-0.2, -0.15) is 0 Å². The van der Waals surface area contributed by atoms with Crippen molar-refractivity contribution in [2.45, 2.75) is 46.1 Å². The molecule has 2 N–H and O–H groups in total. The molecule has 0 heterocycles. The molecule has 0 fully saturated rings. The number of carbonyl (C=O) groups is 2. The molecule has 6 heteroatoms. The second-order valence-corrected chi connectivity index (χ2v) is 4.63. The van der Waals surface area contributed by atoms with Crippen LogP contribution in [0, 0.1) is 0 Å². The van der Waals surface area contributed by atoms with E-state index in [1.165, 1.54) is 9.80 Å². The molecule has 0 bridgehead atoms. The highest BCUT2D eigenvalue weighted by atomic mass is 16.4. The monoisotopic (exact) mass is 274 g/mol. The Morgan fingerprint density at radius 2 is 1.84 bits per heavy atom. The average Bonchev–Trinajstić information content (AvgIpc) is 2.39. The summed E-state index contributed by atoms with van der Waals surface area (Å²) in [6, 6.07) is -0.439. The Morgan fingerprint density at radius 3 is 2.26 bits per heavy atom. The molecule has 0 aliphatic rings. The van der Waals surface area contributed by atoms with Crippen molar-refractivity contribution in [2.24, 2.45) is 0 Å². The third kappa shape index (κ3) is 6.42. The molecule has 2 amide bonds. The number of carboxylic acid groups (broad SMARTS) is 1. The molecular formula is C13H26N2O4. The number of aliphatic hydroxyl groups is 1. The van der Waals surface area contributed by atoms with Gasteiger partial charge in [-0.3, -0.25) is 4.79 Å². The molecular weight excluding hydrogens is 248 g/mol. The van der Waals surface area contributed by atoms with Gasteiger partial charge in [-0.15, -0.1) is 0 Å². The van der Waals surface area contributed by atoms with Gasteiger partial charge in [0.05, 0.1) is 6.61 Å². The Morgan fingerprint density at radius 1 is 1.21 bits per heavy atom. The average molecular weight is 274 g/mol. The third-order valence-corrected chi connectivity index (χ3v) is 3.10. The number of aliphatic carboxylic acids is 1. The first-order valence-electron chi connectivity index (χ1n) is 6.86. The van der Waals surface area contributed by atoms with Gasteiger partial charge in [-0.25, -0.2) is 4.79 Å². The van der Waals surface area contributed by atoms with Crippen LogP contribution in [0.4, 0.5) is 4.79 Å². The minimum atomic E-state index is -1.02. The molecule has 0 aliphatic carbocycles. The highest BCUT2D eigenvalue weighted by Gasteiger charge is 2.25. The molecule has 0 spiro atoms. The zero-order chi connectivity index (χ0) is 14.8. The Bertz CT molecular complexity index is 284. The highest BCUT2D eigenvalue weighted by Crippen LogP contribution is 2.09. The molecule has 0 aromatic rings. The van der Waals surface area contributed by atoms with Crippen molar-refractivity contribution >= 4 is 12.0 Å². The van der Waals surface area contributed by atoms with Crippen LogP contribution in [0.15, 0.2) is 0 Å². The number of rotatable bonds is 9. The van der Waals surface area contributed by atoms with Crippen LogP contribution in [-0.2, 0) is 4.79 Å². The van der Waals surface area contributed by atoms with Crippen LogP contribution in [-0.4, -0.2) is 64.3 Å². The van der Waals surface area contributed by atoms with E-state index in [0.29, 0.717) is 13.0 Å². The van der Waals surface area contributed by atoms with Gasteiger partial charge in [-0.1, -0.05) is 20.3 Å². The Labute approximate surface area is 115 Å². The summed E-state index contributed by atoms with van der Waals surface area (Å²) < 4.78 is 0. The summed E-state index contributed by atoms with van der Waals surface area (Å²) in [5.74, 6) is -1.02. The number of aliphatic hydroxyl groups excluding tert-OH is 1. The Hall–Kier alpha value is -1.30. The van der Waals surface area contributed by atoms with Gasteiger partial charge in [-0.05, 0) is 19.8 Å². The van der Waals surface area contributed by atoms with E-state index in [-0.39, 0.29) is 31.8 Å². The maximum atomic E-state index is 12.4. The summed E-state index contributed by atoms with van der Waals surface area (Å²) in [5, 5.41) is 17.9. The smallest absolute Gasteiger partial charge is 0.323 e. The zero-order valence-electron chi connectivity index (χ0n) is 12.1. The van der Waals surface area contributed by atoms with Crippen LogP contribution in [0.1, 0.15) is 40.0 Å². The predicted octanol–water partition coefficient (Wildman–Crippen LogP) is 1.39. The van der Waals surface area contributed by atoms with E-state index in [2.05, 4.69) is 0 Å². The lowest BCUT2D eigenvalue weighted by Gasteiger charge is -2.33. The normalized spacial score (nSPS) is 12.0. The SMILES string of the molecule is CCCCN(CCO)C(=O)N(CC(=O)O)C(C)CC. The minimum Gasteiger partial charge on any atom is -0.480 e. The molecule has 0 aliphatic heterocycles. The number of carboxylic acids is 1. The quantitative estimate of drug-likeness (QED) is 0.665. The van der Waals surface area contributed by atoms with Crippen LogP contribution in [0.25, 0.3) is 0 Å². The molecule has 0 aromatic carbocycles. The van der Waals surface area contributed by atoms with Gasteiger partial charge < -0.3 is 20.0 Å². The predicted molar refractivity (Wildman–Crippen MR) is 73.1 cm³/mol. The van der Waals surface area contributed by atoms with Crippen LogP contribution >= 0.6 is 0 Å². The number of urea groups is 1. The van der Waals surface area contributed by atoms with Gasteiger partial charge in [0, 0.05) is 19.1 Å². The van der Waals surface area contributed by atoms with Gasteiger partial charge in [0.15, 0.2) is 0 Å². The van der Waals surface area contributed by atoms with Gasteiger partial charge in [0.2, 0.25) is 0 Å². The number of amides is 2. The van der Waals surface area contributed by atoms with Gasteiger partial charge in [0.25, 0.3) is 0 Å². The van der Waals surface area contributed by atoms with Crippen molar-refractivity contribution in [3.63, 3.8) is 0 Å². The number of hydrogen-bond donors (Lipinski definition) is 2. The van der Waals surface area contributed by atoms with Crippen molar-refractivity contribution in [1.29, 1.82) is 0 Å². The summed E-state index contributed by atoms with van der Waals surface area (Å²) >= 11 is 0. The van der Waals surface area contributed by atoms with Crippen LogP contribution in [0.2, 0.25) is 0 Å². The maximum Gasteiger partial charge on any atom is 0.323 e. The fourth-order valence-electron chi connectivity index (χ4n) is 1.73. The summed E-state index contributed by atoms with van der Waals surface area (Å²) in [5.41, 5.74) is 0. The first-order valence-corrected chi connectivity index (χ1v) is 6.86. The Balaban J connectivity index is 4.83. The fraction of sp³-hybridized carbons (Fsp3) is 0.846. The van der Waals surface area contributed by atoms with Crippen molar-refractivity contribution < 1.29 is 19.8 Å². The second-order valence-electron chi connectivity index (χ2n) is 4.63. The summed E-state index contributed by atoms with van der Waals surface area (Å²) in [7, 11) is 0. The van der Waals surface area contributed by atoms with E-state index in [4.69, 9.17) is 10.2 Å². The molecule has 0 radical (unpaired) electrons. The molecule has 0 rings (SSSR count). The molecule has 19 heavy (non-hydrogen) atoms. The van der Waals surface area contributed by atoms with E-state index < -0.39 is 5.97 Å². The zero-order valence-corrected chi connectivity index (χ0v) is 12.1. The lowest BCUT2D eigenvalue weighted by molar-refractivity contribution is -0.138. The molecule has 1 unspecified atom stereocenters. The van der Waals surface area contributed by atoms with Crippen LogP contribution < -0.4 is 0 Å². The van der Waals surface area contributed by atoms with Gasteiger partial charge >= 0.3 is 12.0 Å². The van der Waals surface area contributed by atoms with Crippen molar-refractivity contribution in [3.8, 4) is 0 Å². The lowest BCUT2D eigenvalue weighted by atomic mass is 10.2. The number of carbonyl (C=O) groups excluding carboxylic acids is 1. The summed E-state index contributed by atoms with van der Waals surface area (Å²) in [6.45, 7) is 6.13. The Kier molecular flexibility index (Phi) is 8.95. The number of unbranched alkanes of at least 4 members (excludes halogenated alkanes) is 1. The van der Waals surface area contributed by atoms with E-state index in [9.17, 15) is 9.59 Å². The summed E-state index contributed by atoms with van der Waals surface area (Å²) in [6.07, 6.45) is 2.48. The third-order valence-electron chi connectivity index (χ3n) is 3.10. The molecule has 1 atom stereocenters. The maximum absolute atomic E-state index is 12.4. The number of hydrogen-bond acceptors (Lipinski definition) is 3. The topological polar surface area (TPSA) is 81.1 Å². The first-order chi connectivity index (χ1) is 8.97. The molecule has 6 nitrogen and oxygen atoms in total. The standard InChI is InChI=1S/C13H26N2O4/c1-4-6-7-14(8-9-16)13(19)15(10-12(17)18)11(3)5-2/h11,16H,4-10H2,1-3H3,(H,17,18). The lowest BCUT2D eigenvalue weighted by Crippen LogP contribution is -2.50. The molecule has 0 saturated heterocycles. The largest absolute Gasteiger partial charge is 0.480 e. The van der Waals surface area contributed by atoms with E-state index in [0.717, 1.165) is 12.8 Å². The van der Waals surface area contributed by atoms with E-state index >= 15 is 0 Å². The summed E-state index contributed by atoms with van der Waals surface area (Å²) in [4.78, 5) is 26.1. The first kappa shape index (κ1) is 17.7. The molecule has 112 valence electrons. The van der Waals surface area contributed by atoms with E-state index in [1.807, 2.05) is 20.8 Å². The second kappa shape index (κ2) is 9.61. The highest BCUT2D eigenvalue weighted by molar-refractivity contribution is 5.80. The fourth-order valence-corrected chi connectivity index (χ4v) is 1.73. The minimum absolute atomic E-state index is 0.114. The van der Waals surface area contributed by atoms with Crippen molar-refractivity contribution in [2.75, 3.05) is 26.2 Å². The molecule has 0 aromatic heterocycles. The molecule has 0 saturated carbocycles. The van der Waals surface area contributed by atoms with Crippen molar-refractivity contribution in [3.05, 3.63) is 0 Å².